The number of aliphatic hydroxyl groups excluding tert-OH is 1. The van der Waals surface area contributed by atoms with Crippen LogP contribution in [0.25, 0.3) is 0 Å². The number of hydrogen-bond acceptors (Lipinski definition) is 3. The van der Waals surface area contributed by atoms with Crippen LogP contribution < -0.4 is 4.74 Å². The highest BCUT2D eigenvalue weighted by molar-refractivity contribution is 6.28. The highest BCUT2D eigenvalue weighted by atomic mass is 35.5. The molecule has 0 spiro atoms. The SMILES string of the molecule is CC1Cc2cc(C(O)c3ccc(Cl)o3)ccc2O1. The van der Waals surface area contributed by atoms with Crippen LogP contribution in [0.2, 0.25) is 5.22 Å². The third-order valence-corrected chi connectivity index (χ3v) is 3.30. The van der Waals surface area contributed by atoms with E-state index in [1.807, 2.05) is 25.1 Å². The fourth-order valence-corrected chi connectivity index (χ4v) is 2.40. The Balaban J connectivity index is 1.91. The lowest BCUT2D eigenvalue weighted by Crippen LogP contribution is -2.05. The van der Waals surface area contributed by atoms with E-state index >= 15 is 0 Å². The Morgan fingerprint density at radius 3 is 2.89 bits per heavy atom. The van der Waals surface area contributed by atoms with Crippen LogP contribution in [0, 0.1) is 0 Å². The molecule has 2 atom stereocenters. The predicted octanol–water partition coefficient (Wildman–Crippen LogP) is 3.34. The van der Waals surface area contributed by atoms with Crippen molar-refractivity contribution in [1.82, 2.24) is 0 Å². The number of benzene rings is 1. The van der Waals surface area contributed by atoms with Crippen LogP contribution in [0.4, 0.5) is 0 Å². The highest BCUT2D eigenvalue weighted by Gasteiger charge is 2.22. The maximum atomic E-state index is 10.2. The number of hydrogen-bond donors (Lipinski definition) is 1. The van der Waals surface area contributed by atoms with Gasteiger partial charge < -0.3 is 14.3 Å². The second-order valence-electron chi connectivity index (χ2n) is 4.54. The van der Waals surface area contributed by atoms with Gasteiger partial charge in [0.2, 0.25) is 0 Å². The minimum atomic E-state index is -0.793. The molecule has 3 nitrogen and oxygen atoms in total. The summed E-state index contributed by atoms with van der Waals surface area (Å²) in [6, 6.07) is 9.00. The molecule has 4 heteroatoms. The Hall–Kier alpha value is -1.45. The molecule has 0 amide bonds. The molecule has 1 aromatic carbocycles. The van der Waals surface area contributed by atoms with Crippen molar-refractivity contribution in [2.45, 2.75) is 25.6 Å². The van der Waals surface area contributed by atoms with Gasteiger partial charge in [0.1, 0.15) is 23.7 Å². The fourth-order valence-electron chi connectivity index (χ4n) is 2.25. The van der Waals surface area contributed by atoms with Gasteiger partial charge >= 0.3 is 0 Å². The predicted molar refractivity (Wildman–Crippen MR) is 68.0 cm³/mol. The Bertz CT molecular complexity index is 576. The quantitative estimate of drug-likeness (QED) is 0.905. The van der Waals surface area contributed by atoms with E-state index in [0.717, 1.165) is 23.3 Å². The Morgan fingerprint density at radius 2 is 2.17 bits per heavy atom. The topological polar surface area (TPSA) is 42.6 Å². The molecule has 2 heterocycles. The molecule has 94 valence electrons. The lowest BCUT2D eigenvalue weighted by Gasteiger charge is -2.09. The molecule has 1 aliphatic heterocycles. The van der Waals surface area contributed by atoms with E-state index in [1.165, 1.54) is 0 Å². The third kappa shape index (κ3) is 2.00. The van der Waals surface area contributed by atoms with Crippen LogP contribution in [-0.4, -0.2) is 11.2 Å². The molecule has 1 N–H and O–H groups in total. The first-order valence-electron chi connectivity index (χ1n) is 5.86. The average Bonchev–Trinajstić information content (AvgIpc) is 2.92. The molecule has 1 aromatic heterocycles. The molecule has 2 unspecified atom stereocenters. The molecule has 0 radical (unpaired) electrons. The van der Waals surface area contributed by atoms with Crippen LogP contribution in [0.5, 0.6) is 5.75 Å². The van der Waals surface area contributed by atoms with Gasteiger partial charge in [-0.25, -0.2) is 0 Å². The number of aliphatic hydroxyl groups is 1. The van der Waals surface area contributed by atoms with E-state index in [-0.39, 0.29) is 11.3 Å². The summed E-state index contributed by atoms with van der Waals surface area (Å²) < 4.78 is 10.8. The van der Waals surface area contributed by atoms with Gasteiger partial charge in [-0.2, -0.15) is 0 Å². The van der Waals surface area contributed by atoms with Crippen LogP contribution in [0.3, 0.4) is 0 Å². The first-order chi connectivity index (χ1) is 8.63. The number of fused-ring (bicyclic) bond motifs is 1. The van der Waals surface area contributed by atoms with Crippen molar-refractivity contribution in [3.63, 3.8) is 0 Å². The Labute approximate surface area is 110 Å². The summed E-state index contributed by atoms with van der Waals surface area (Å²) >= 11 is 5.71. The summed E-state index contributed by atoms with van der Waals surface area (Å²) in [6.07, 6.45) is 0.276. The number of furan rings is 1. The first-order valence-corrected chi connectivity index (χ1v) is 6.24. The number of halogens is 1. The van der Waals surface area contributed by atoms with E-state index in [1.54, 1.807) is 12.1 Å². The minimum absolute atomic E-state index is 0.199. The summed E-state index contributed by atoms with van der Waals surface area (Å²) in [5.74, 6) is 1.35. The van der Waals surface area contributed by atoms with Gasteiger partial charge in [-0.15, -0.1) is 0 Å². The van der Waals surface area contributed by atoms with E-state index in [2.05, 4.69) is 0 Å². The van der Waals surface area contributed by atoms with E-state index in [0.29, 0.717) is 5.76 Å². The van der Waals surface area contributed by atoms with Crippen molar-refractivity contribution in [3.8, 4) is 5.75 Å². The largest absolute Gasteiger partial charge is 0.490 e. The normalized spacial score (nSPS) is 19.4. The zero-order valence-electron chi connectivity index (χ0n) is 9.89. The second-order valence-corrected chi connectivity index (χ2v) is 4.92. The molecule has 2 aromatic rings. The standard InChI is InChI=1S/C14H13ClO3/c1-8-6-10-7-9(2-3-11(10)17-8)14(16)12-4-5-13(15)18-12/h2-5,7-8,14,16H,6H2,1H3. The zero-order valence-corrected chi connectivity index (χ0v) is 10.6. The van der Waals surface area contributed by atoms with Crippen molar-refractivity contribution in [2.24, 2.45) is 0 Å². The number of ether oxygens (including phenoxy) is 1. The Kier molecular flexibility index (Phi) is 2.80. The first kappa shape index (κ1) is 11.6. The summed E-state index contributed by atoms with van der Waals surface area (Å²) in [4.78, 5) is 0. The maximum absolute atomic E-state index is 10.2. The smallest absolute Gasteiger partial charge is 0.193 e. The highest BCUT2D eigenvalue weighted by Crippen LogP contribution is 2.33. The van der Waals surface area contributed by atoms with Gasteiger partial charge in [-0.3, -0.25) is 0 Å². The van der Waals surface area contributed by atoms with E-state index < -0.39 is 6.10 Å². The fraction of sp³-hybridized carbons (Fsp3) is 0.286. The lowest BCUT2D eigenvalue weighted by atomic mass is 10.0. The van der Waals surface area contributed by atoms with Gasteiger partial charge in [0.25, 0.3) is 0 Å². The van der Waals surface area contributed by atoms with E-state index in [9.17, 15) is 5.11 Å². The van der Waals surface area contributed by atoms with Crippen molar-refractivity contribution >= 4 is 11.6 Å². The van der Waals surface area contributed by atoms with Crippen molar-refractivity contribution in [1.29, 1.82) is 0 Å². The molecule has 0 saturated heterocycles. The van der Waals surface area contributed by atoms with Crippen molar-refractivity contribution < 1.29 is 14.3 Å². The van der Waals surface area contributed by atoms with Crippen molar-refractivity contribution in [3.05, 3.63) is 52.4 Å². The second kappa shape index (κ2) is 4.34. The van der Waals surface area contributed by atoms with Gasteiger partial charge in [0.15, 0.2) is 5.22 Å². The third-order valence-electron chi connectivity index (χ3n) is 3.10. The zero-order chi connectivity index (χ0) is 12.7. The molecule has 0 bridgehead atoms. The van der Waals surface area contributed by atoms with E-state index in [4.69, 9.17) is 20.8 Å². The maximum Gasteiger partial charge on any atom is 0.193 e. The lowest BCUT2D eigenvalue weighted by molar-refractivity contribution is 0.189. The van der Waals surface area contributed by atoms with Gasteiger partial charge in [0, 0.05) is 6.42 Å². The van der Waals surface area contributed by atoms with Gasteiger partial charge in [-0.05, 0) is 53.9 Å². The molecule has 1 aliphatic rings. The summed E-state index contributed by atoms with van der Waals surface area (Å²) in [5, 5.41) is 10.5. The van der Waals surface area contributed by atoms with Crippen molar-refractivity contribution in [2.75, 3.05) is 0 Å². The molecule has 0 saturated carbocycles. The summed E-state index contributed by atoms with van der Waals surface area (Å²) in [7, 11) is 0. The van der Waals surface area contributed by atoms with Crippen LogP contribution in [-0.2, 0) is 6.42 Å². The molecular formula is C14H13ClO3. The Morgan fingerprint density at radius 1 is 1.33 bits per heavy atom. The summed E-state index contributed by atoms with van der Waals surface area (Å²) in [5.41, 5.74) is 1.91. The molecule has 0 aliphatic carbocycles. The van der Waals surface area contributed by atoms with Crippen LogP contribution in [0.1, 0.15) is 29.9 Å². The van der Waals surface area contributed by atoms with Crippen LogP contribution >= 0.6 is 11.6 Å². The molecule has 3 rings (SSSR count). The minimum Gasteiger partial charge on any atom is -0.490 e. The number of rotatable bonds is 2. The molecule has 18 heavy (non-hydrogen) atoms. The summed E-state index contributed by atoms with van der Waals surface area (Å²) in [6.45, 7) is 2.03. The molecular weight excluding hydrogens is 252 g/mol. The van der Waals surface area contributed by atoms with Crippen LogP contribution in [0.15, 0.2) is 34.7 Å². The van der Waals surface area contributed by atoms with Gasteiger partial charge in [-0.1, -0.05) is 6.07 Å². The van der Waals surface area contributed by atoms with Gasteiger partial charge in [0.05, 0.1) is 0 Å². The molecule has 0 fully saturated rings. The average molecular weight is 265 g/mol. The monoisotopic (exact) mass is 264 g/mol.